The van der Waals surface area contributed by atoms with Crippen LogP contribution in [0, 0.1) is 5.92 Å². The van der Waals surface area contributed by atoms with Gasteiger partial charge in [0.2, 0.25) is 10.0 Å². The maximum Gasteiger partial charge on any atom is 0.240 e. The quantitative estimate of drug-likeness (QED) is 0.716. The molecule has 1 rings (SSSR count). The Bertz CT molecular complexity index is 522. The van der Waals surface area contributed by atoms with E-state index < -0.39 is 10.0 Å². The first-order valence-corrected chi connectivity index (χ1v) is 9.10. The Labute approximate surface area is 132 Å². The zero-order valence-corrected chi connectivity index (χ0v) is 14.4. The summed E-state index contributed by atoms with van der Waals surface area (Å²) < 4.78 is 27.4. The number of nitrogens with one attached hydrogen (secondary N) is 1. The lowest BCUT2D eigenvalue weighted by atomic mass is 10.0. The van der Waals surface area contributed by atoms with Crippen molar-refractivity contribution in [2.24, 2.45) is 5.92 Å². The Hall–Kier alpha value is 0.190. The molecular weight excluding hydrogens is 373 g/mol. The molecule has 0 aliphatic heterocycles. The molecule has 1 N–H and O–H groups in total. The van der Waals surface area contributed by atoms with Crippen molar-refractivity contribution in [2.75, 3.05) is 12.4 Å². The minimum atomic E-state index is -3.50. The van der Waals surface area contributed by atoms with Gasteiger partial charge in [-0.3, -0.25) is 0 Å². The van der Waals surface area contributed by atoms with Gasteiger partial charge >= 0.3 is 0 Å². The van der Waals surface area contributed by atoms with Crippen molar-refractivity contribution < 1.29 is 8.42 Å². The first-order chi connectivity index (χ1) is 8.90. The summed E-state index contributed by atoms with van der Waals surface area (Å²) >= 11 is 14.7. The molecule has 0 heterocycles. The van der Waals surface area contributed by atoms with E-state index in [0.717, 1.165) is 12.8 Å². The molecule has 0 aliphatic rings. The third-order valence-corrected chi connectivity index (χ3v) is 5.71. The standard InChI is InChI=1S/C12H16BrCl2NO2S/c1-2-9(5-6-14)8-16-19(17,18)10-3-4-12(15)11(13)7-10/h3-4,7,9,16H,2,5-6,8H2,1H3. The van der Waals surface area contributed by atoms with E-state index in [0.29, 0.717) is 21.9 Å². The second-order valence-corrected chi connectivity index (χ2v) is 7.59. The van der Waals surface area contributed by atoms with Gasteiger partial charge in [-0.1, -0.05) is 24.9 Å². The van der Waals surface area contributed by atoms with E-state index in [2.05, 4.69) is 20.7 Å². The van der Waals surface area contributed by atoms with E-state index in [1.54, 1.807) is 6.07 Å². The number of sulfonamides is 1. The Balaban J connectivity index is 2.78. The SMILES string of the molecule is CCC(CCCl)CNS(=O)(=O)c1ccc(Cl)c(Br)c1. The van der Waals surface area contributed by atoms with Gasteiger partial charge in [-0.15, -0.1) is 11.6 Å². The predicted molar refractivity (Wildman–Crippen MR) is 83.5 cm³/mol. The highest BCUT2D eigenvalue weighted by Crippen LogP contribution is 2.25. The van der Waals surface area contributed by atoms with Crippen molar-refractivity contribution in [1.82, 2.24) is 4.72 Å². The molecule has 0 spiro atoms. The fourth-order valence-electron chi connectivity index (χ4n) is 1.56. The minimum Gasteiger partial charge on any atom is -0.211 e. The van der Waals surface area contributed by atoms with E-state index in [1.807, 2.05) is 6.92 Å². The summed E-state index contributed by atoms with van der Waals surface area (Å²) in [4.78, 5) is 0.199. The lowest BCUT2D eigenvalue weighted by Gasteiger charge is -2.14. The molecule has 1 atom stereocenters. The van der Waals surface area contributed by atoms with Crippen molar-refractivity contribution >= 4 is 49.2 Å². The summed E-state index contributed by atoms with van der Waals surface area (Å²) in [6, 6.07) is 4.53. The van der Waals surface area contributed by atoms with Crippen molar-refractivity contribution in [3.8, 4) is 0 Å². The minimum absolute atomic E-state index is 0.199. The summed E-state index contributed by atoms with van der Waals surface area (Å²) in [5.41, 5.74) is 0. The Morgan fingerprint density at radius 1 is 1.42 bits per heavy atom. The smallest absolute Gasteiger partial charge is 0.211 e. The molecule has 7 heteroatoms. The normalized spacial score (nSPS) is 13.5. The zero-order chi connectivity index (χ0) is 14.5. The molecule has 0 amide bonds. The fraction of sp³-hybridized carbons (Fsp3) is 0.500. The molecule has 0 fully saturated rings. The average Bonchev–Trinajstić information content (AvgIpc) is 2.37. The number of rotatable bonds is 7. The summed E-state index contributed by atoms with van der Waals surface area (Å²) in [6.45, 7) is 2.41. The highest BCUT2D eigenvalue weighted by molar-refractivity contribution is 9.10. The van der Waals surface area contributed by atoms with Gasteiger partial charge in [-0.2, -0.15) is 0 Å². The van der Waals surface area contributed by atoms with Crippen LogP contribution in [0.25, 0.3) is 0 Å². The molecule has 0 radical (unpaired) electrons. The predicted octanol–water partition coefficient (Wildman–Crippen LogP) is 4.04. The monoisotopic (exact) mass is 387 g/mol. The van der Waals surface area contributed by atoms with E-state index >= 15 is 0 Å². The molecule has 0 saturated carbocycles. The summed E-state index contributed by atoms with van der Waals surface area (Å²) in [5.74, 6) is 0.787. The number of hydrogen-bond acceptors (Lipinski definition) is 2. The molecule has 108 valence electrons. The van der Waals surface area contributed by atoms with Gasteiger partial charge < -0.3 is 0 Å². The first kappa shape index (κ1) is 17.2. The molecule has 0 saturated heterocycles. The molecular formula is C12H16BrCl2NO2S. The third kappa shape index (κ3) is 5.23. The Morgan fingerprint density at radius 3 is 2.63 bits per heavy atom. The summed E-state index contributed by atoms with van der Waals surface area (Å²) in [5, 5.41) is 0.479. The molecule has 0 aromatic heterocycles. The van der Waals surface area contributed by atoms with Gasteiger partial charge in [-0.25, -0.2) is 13.1 Å². The molecule has 1 unspecified atom stereocenters. The number of alkyl halides is 1. The molecule has 0 aliphatic carbocycles. The van der Waals surface area contributed by atoms with Gasteiger partial charge in [0.05, 0.1) is 9.92 Å². The van der Waals surface area contributed by atoms with Crippen LogP contribution in [0.3, 0.4) is 0 Å². The fourth-order valence-corrected chi connectivity index (χ4v) is 3.66. The van der Waals surface area contributed by atoms with E-state index in [-0.39, 0.29) is 10.8 Å². The van der Waals surface area contributed by atoms with Gasteiger partial charge in [0.15, 0.2) is 0 Å². The van der Waals surface area contributed by atoms with Crippen molar-refractivity contribution in [3.63, 3.8) is 0 Å². The topological polar surface area (TPSA) is 46.2 Å². The van der Waals surface area contributed by atoms with Crippen molar-refractivity contribution in [2.45, 2.75) is 24.7 Å². The second-order valence-electron chi connectivity index (χ2n) is 4.18. The third-order valence-electron chi connectivity index (χ3n) is 2.86. The number of hydrogen-bond donors (Lipinski definition) is 1. The van der Waals surface area contributed by atoms with Crippen LogP contribution in [0.15, 0.2) is 27.6 Å². The van der Waals surface area contributed by atoms with Crippen LogP contribution in [0.2, 0.25) is 5.02 Å². The van der Waals surface area contributed by atoms with Crippen LogP contribution >= 0.6 is 39.1 Å². The van der Waals surface area contributed by atoms with Crippen LogP contribution in [-0.2, 0) is 10.0 Å². The van der Waals surface area contributed by atoms with Crippen LogP contribution in [0.4, 0.5) is 0 Å². The maximum absolute atomic E-state index is 12.1. The molecule has 19 heavy (non-hydrogen) atoms. The number of halogens is 3. The van der Waals surface area contributed by atoms with Crippen LogP contribution in [0.1, 0.15) is 19.8 Å². The molecule has 0 bridgehead atoms. The lowest BCUT2D eigenvalue weighted by molar-refractivity contribution is 0.481. The molecule has 1 aromatic carbocycles. The highest BCUT2D eigenvalue weighted by Gasteiger charge is 2.17. The van der Waals surface area contributed by atoms with Gasteiger partial charge in [0, 0.05) is 16.9 Å². The van der Waals surface area contributed by atoms with Gasteiger partial charge in [0.1, 0.15) is 0 Å². The largest absolute Gasteiger partial charge is 0.240 e. The van der Waals surface area contributed by atoms with Crippen molar-refractivity contribution in [3.05, 3.63) is 27.7 Å². The van der Waals surface area contributed by atoms with E-state index in [4.69, 9.17) is 23.2 Å². The first-order valence-electron chi connectivity index (χ1n) is 5.91. The van der Waals surface area contributed by atoms with Crippen LogP contribution in [0.5, 0.6) is 0 Å². The van der Waals surface area contributed by atoms with Crippen LogP contribution < -0.4 is 4.72 Å². The van der Waals surface area contributed by atoms with Gasteiger partial charge in [0.25, 0.3) is 0 Å². The van der Waals surface area contributed by atoms with Crippen LogP contribution in [-0.4, -0.2) is 20.8 Å². The average molecular weight is 389 g/mol. The lowest BCUT2D eigenvalue weighted by Crippen LogP contribution is -2.29. The Morgan fingerprint density at radius 2 is 2.11 bits per heavy atom. The summed E-state index contributed by atoms with van der Waals surface area (Å²) in [6.07, 6.45) is 1.68. The molecule has 1 aromatic rings. The summed E-state index contributed by atoms with van der Waals surface area (Å²) in [7, 11) is -3.50. The highest BCUT2D eigenvalue weighted by atomic mass is 79.9. The Kier molecular flexibility index (Phi) is 7.11. The van der Waals surface area contributed by atoms with E-state index in [9.17, 15) is 8.42 Å². The maximum atomic E-state index is 12.1. The van der Waals surface area contributed by atoms with Gasteiger partial charge in [-0.05, 0) is 46.5 Å². The number of benzene rings is 1. The van der Waals surface area contributed by atoms with E-state index in [1.165, 1.54) is 12.1 Å². The zero-order valence-electron chi connectivity index (χ0n) is 10.5. The van der Waals surface area contributed by atoms with Crippen molar-refractivity contribution in [1.29, 1.82) is 0 Å². The molecule has 3 nitrogen and oxygen atoms in total. The second kappa shape index (κ2) is 7.84.